The molecule has 1 amide bonds. The van der Waals surface area contributed by atoms with E-state index in [1.54, 1.807) is 6.08 Å². The predicted octanol–water partition coefficient (Wildman–Crippen LogP) is 7.02. The Balaban J connectivity index is 1.76. The van der Waals surface area contributed by atoms with Crippen molar-refractivity contribution in [3.05, 3.63) is 52.4 Å². The third-order valence-electron chi connectivity index (χ3n) is 5.87. The number of phenols is 1. The fourth-order valence-corrected chi connectivity index (χ4v) is 5.27. The second-order valence-corrected chi connectivity index (χ2v) is 10.5. The molecule has 0 radical (unpaired) electrons. The standard InChI is InChI=1S/C28H33NO6S2/c1-4-6-7-8-9-10-18(3)35-23-14-11-19(15-24(23)34-5-2)16-25-26(31)29(28(36)37-25)20-12-13-22(30)21(17-20)27(32)33/h11-18,30H,4-10H2,1-3H3,(H,32,33)/b25-16+/t18-/m1/s1. The zero-order valence-corrected chi connectivity index (χ0v) is 23.0. The Bertz CT molecular complexity index is 1180. The van der Waals surface area contributed by atoms with Gasteiger partial charge in [-0.2, -0.15) is 0 Å². The summed E-state index contributed by atoms with van der Waals surface area (Å²) in [6.45, 7) is 6.65. The Morgan fingerprint density at radius 3 is 2.57 bits per heavy atom. The molecule has 37 heavy (non-hydrogen) atoms. The van der Waals surface area contributed by atoms with E-state index in [1.807, 2.05) is 25.1 Å². The summed E-state index contributed by atoms with van der Waals surface area (Å²) in [5, 5.41) is 19.1. The number of aromatic hydroxyl groups is 1. The number of carboxylic acid groups (broad SMARTS) is 1. The molecule has 9 heteroatoms. The quantitative estimate of drug-likeness (QED) is 0.158. The third-order valence-corrected chi connectivity index (χ3v) is 7.17. The van der Waals surface area contributed by atoms with Crippen LogP contribution in [0, 0.1) is 0 Å². The van der Waals surface area contributed by atoms with Crippen molar-refractivity contribution in [3.8, 4) is 17.2 Å². The molecular weight excluding hydrogens is 510 g/mol. The molecule has 0 aromatic heterocycles. The zero-order chi connectivity index (χ0) is 26.9. The minimum absolute atomic E-state index is 0.0592. The number of amides is 1. The average Bonchev–Trinajstić information content (AvgIpc) is 3.13. The van der Waals surface area contributed by atoms with Gasteiger partial charge in [-0.15, -0.1) is 0 Å². The molecular formula is C28H33NO6S2. The van der Waals surface area contributed by atoms with Crippen LogP contribution in [0.3, 0.4) is 0 Å². The van der Waals surface area contributed by atoms with Crippen LogP contribution < -0.4 is 14.4 Å². The Morgan fingerprint density at radius 2 is 1.86 bits per heavy atom. The number of unbranched alkanes of at least 4 members (excludes halogenated alkanes) is 4. The van der Waals surface area contributed by atoms with E-state index in [0.29, 0.717) is 23.0 Å². The van der Waals surface area contributed by atoms with Gasteiger partial charge in [0.25, 0.3) is 5.91 Å². The van der Waals surface area contributed by atoms with E-state index in [4.69, 9.17) is 21.7 Å². The summed E-state index contributed by atoms with van der Waals surface area (Å²) in [5.74, 6) is -0.773. The van der Waals surface area contributed by atoms with Crippen LogP contribution in [0.1, 0.15) is 75.2 Å². The SMILES string of the molecule is CCCCCCC[C@@H](C)Oc1ccc(/C=C2/SC(=S)N(c3ccc(O)c(C(=O)O)c3)C2=O)cc1OCC. The van der Waals surface area contributed by atoms with E-state index in [-0.39, 0.29) is 33.3 Å². The molecule has 3 rings (SSSR count). The second-order valence-electron chi connectivity index (χ2n) is 8.79. The molecule has 2 N–H and O–H groups in total. The van der Waals surface area contributed by atoms with Crippen molar-refractivity contribution in [3.63, 3.8) is 0 Å². The Kier molecular flexibility index (Phi) is 10.4. The van der Waals surface area contributed by atoms with Crippen LogP contribution in [-0.2, 0) is 4.79 Å². The van der Waals surface area contributed by atoms with Crippen molar-refractivity contribution < 1.29 is 29.3 Å². The molecule has 1 fully saturated rings. The van der Waals surface area contributed by atoms with E-state index in [2.05, 4.69) is 13.8 Å². The first-order valence-corrected chi connectivity index (χ1v) is 13.7. The maximum absolute atomic E-state index is 13.2. The van der Waals surface area contributed by atoms with Gasteiger partial charge in [0, 0.05) is 0 Å². The van der Waals surface area contributed by atoms with Crippen molar-refractivity contribution in [2.45, 2.75) is 65.4 Å². The van der Waals surface area contributed by atoms with Crippen LogP contribution in [0.4, 0.5) is 5.69 Å². The molecule has 1 heterocycles. The molecule has 7 nitrogen and oxygen atoms in total. The minimum Gasteiger partial charge on any atom is -0.507 e. The number of carbonyl (C=O) groups excluding carboxylic acids is 1. The monoisotopic (exact) mass is 543 g/mol. The lowest BCUT2D eigenvalue weighted by molar-refractivity contribution is -0.113. The summed E-state index contributed by atoms with van der Waals surface area (Å²) in [5.41, 5.74) is 0.728. The highest BCUT2D eigenvalue weighted by Crippen LogP contribution is 2.38. The second kappa shape index (κ2) is 13.5. The summed E-state index contributed by atoms with van der Waals surface area (Å²) < 4.78 is 12.3. The highest BCUT2D eigenvalue weighted by atomic mass is 32.2. The van der Waals surface area contributed by atoms with Crippen LogP contribution in [0.25, 0.3) is 6.08 Å². The maximum Gasteiger partial charge on any atom is 0.339 e. The molecule has 1 aliphatic heterocycles. The highest BCUT2D eigenvalue weighted by Gasteiger charge is 2.34. The lowest BCUT2D eigenvalue weighted by Crippen LogP contribution is -2.27. The summed E-state index contributed by atoms with van der Waals surface area (Å²) in [4.78, 5) is 26.2. The lowest BCUT2D eigenvalue weighted by atomic mass is 10.1. The number of thioether (sulfide) groups is 1. The largest absolute Gasteiger partial charge is 0.507 e. The third kappa shape index (κ3) is 7.49. The maximum atomic E-state index is 13.2. The van der Waals surface area contributed by atoms with Gasteiger partial charge in [0.2, 0.25) is 0 Å². The molecule has 1 saturated heterocycles. The lowest BCUT2D eigenvalue weighted by Gasteiger charge is -2.18. The van der Waals surface area contributed by atoms with Crippen LogP contribution in [0.5, 0.6) is 17.2 Å². The molecule has 2 aromatic rings. The smallest absolute Gasteiger partial charge is 0.339 e. The number of anilines is 1. The number of thiocarbonyl (C=S) groups is 1. The number of carbonyl (C=O) groups is 2. The normalized spacial score (nSPS) is 15.3. The van der Waals surface area contributed by atoms with Crippen LogP contribution >= 0.6 is 24.0 Å². The van der Waals surface area contributed by atoms with Crippen molar-refractivity contribution in [1.82, 2.24) is 0 Å². The van der Waals surface area contributed by atoms with Gasteiger partial charge in [-0.25, -0.2) is 4.79 Å². The molecule has 0 bridgehead atoms. The number of hydrogen-bond donors (Lipinski definition) is 2. The number of aromatic carboxylic acids is 1. The van der Waals surface area contributed by atoms with Crippen molar-refractivity contribution in [1.29, 1.82) is 0 Å². The topological polar surface area (TPSA) is 96.3 Å². The highest BCUT2D eigenvalue weighted by molar-refractivity contribution is 8.27. The molecule has 198 valence electrons. The first-order valence-electron chi connectivity index (χ1n) is 12.5. The molecule has 1 aliphatic rings. The molecule has 1 atom stereocenters. The first-order chi connectivity index (χ1) is 17.7. The number of benzene rings is 2. The van der Waals surface area contributed by atoms with Crippen LogP contribution in [0.2, 0.25) is 0 Å². The summed E-state index contributed by atoms with van der Waals surface area (Å²) >= 11 is 6.53. The molecule has 0 unspecified atom stereocenters. The Hall–Kier alpha value is -3.04. The Labute approximate surface area is 227 Å². The van der Waals surface area contributed by atoms with Crippen molar-refractivity contribution >= 4 is 51.9 Å². The fraction of sp³-hybridized carbons (Fsp3) is 0.393. The predicted molar refractivity (Wildman–Crippen MR) is 152 cm³/mol. The van der Waals surface area contributed by atoms with Gasteiger partial charge in [-0.05, 0) is 68.7 Å². The molecule has 0 aliphatic carbocycles. The summed E-state index contributed by atoms with van der Waals surface area (Å²) in [6.07, 6.45) is 8.83. The van der Waals surface area contributed by atoms with E-state index in [0.717, 1.165) is 30.2 Å². The summed E-state index contributed by atoms with van der Waals surface area (Å²) in [7, 11) is 0. The van der Waals surface area contributed by atoms with Crippen molar-refractivity contribution in [2.75, 3.05) is 11.5 Å². The minimum atomic E-state index is -1.29. The average molecular weight is 544 g/mol. The van der Waals surface area contributed by atoms with E-state index in [1.165, 1.54) is 48.8 Å². The summed E-state index contributed by atoms with van der Waals surface area (Å²) in [6, 6.07) is 9.48. The van der Waals surface area contributed by atoms with Crippen molar-refractivity contribution in [2.24, 2.45) is 0 Å². The van der Waals surface area contributed by atoms with Gasteiger partial charge in [0.05, 0.1) is 23.3 Å². The molecule has 0 spiro atoms. The zero-order valence-electron chi connectivity index (χ0n) is 21.4. The fourth-order valence-electron chi connectivity index (χ4n) is 3.97. The van der Waals surface area contributed by atoms with E-state index >= 15 is 0 Å². The molecule has 2 aromatic carbocycles. The number of carboxylic acids is 1. The Morgan fingerprint density at radius 1 is 1.11 bits per heavy atom. The van der Waals surface area contributed by atoms with Gasteiger partial charge < -0.3 is 19.7 Å². The van der Waals surface area contributed by atoms with Gasteiger partial charge >= 0.3 is 5.97 Å². The first kappa shape index (κ1) is 28.5. The van der Waals surface area contributed by atoms with Crippen LogP contribution in [-0.4, -0.2) is 39.1 Å². The van der Waals surface area contributed by atoms with Gasteiger partial charge in [-0.3, -0.25) is 9.69 Å². The van der Waals surface area contributed by atoms with E-state index < -0.39 is 5.97 Å². The molecule has 0 saturated carbocycles. The number of rotatable bonds is 13. The number of ether oxygens (including phenoxy) is 2. The van der Waals surface area contributed by atoms with Gasteiger partial charge in [-0.1, -0.05) is 62.7 Å². The van der Waals surface area contributed by atoms with E-state index in [9.17, 15) is 19.8 Å². The number of hydrogen-bond acceptors (Lipinski definition) is 7. The van der Waals surface area contributed by atoms with Gasteiger partial charge in [0.1, 0.15) is 11.3 Å². The van der Waals surface area contributed by atoms with Crippen LogP contribution in [0.15, 0.2) is 41.3 Å². The number of nitrogens with zero attached hydrogens (tertiary/aromatic N) is 1. The van der Waals surface area contributed by atoms with Gasteiger partial charge in [0.15, 0.2) is 15.8 Å².